The number of hydrogen-bond donors (Lipinski definition) is 2. The number of urea groups is 1. The maximum absolute atomic E-state index is 12.9. The molecule has 1 aliphatic heterocycles. The average molecular weight is 395 g/mol. The molecule has 1 atom stereocenters. The minimum Gasteiger partial charge on any atom is -0.451 e. The summed E-state index contributed by atoms with van der Waals surface area (Å²) in [7, 11) is 0. The van der Waals surface area contributed by atoms with Gasteiger partial charge >= 0.3 is 12.2 Å². The van der Waals surface area contributed by atoms with Crippen molar-refractivity contribution >= 4 is 11.9 Å². The lowest BCUT2D eigenvalue weighted by Crippen LogP contribution is -2.50. The van der Waals surface area contributed by atoms with Crippen LogP contribution >= 0.6 is 0 Å². The third kappa shape index (κ3) is 4.47. The number of furan rings is 1. The number of likely N-dealkylation sites (tertiary alicyclic amines) is 1. The van der Waals surface area contributed by atoms with Crippen LogP contribution in [0.2, 0.25) is 0 Å². The maximum atomic E-state index is 12.9. The van der Waals surface area contributed by atoms with Crippen LogP contribution in [0.1, 0.15) is 35.4 Å². The molecule has 0 unspecified atom stereocenters. The molecule has 0 spiro atoms. The van der Waals surface area contributed by atoms with Crippen molar-refractivity contribution in [2.45, 2.75) is 31.5 Å². The number of rotatable bonds is 4. The second kappa shape index (κ2) is 7.95. The van der Waals surface area contributed by atoms with Crippen molar-refractivity contribution in [3.8, 4) is 11.3 Å². The molecule has 28 heavy (non-hydrogen) atoms. The Morgan fingerprint density at radius 3 is 2.71 bits per heavy atom. The summed E-state index contributed by atoms with van der Waals surface area (Å²) in [6.45, 7) is 0.742. The Kier molecular flexibility index (Phi) is 5.62. The third-order valence-electron chi connectivity index (χ3n) is 4.69. The van der Waals surface area contributed by atoms with Crippen LogP contribution in [0, 0.1) is 0 Å². The summed E-state index contributed by atoms with van der Waals surface area (Å²) < 4.78 is 44.3. The molecule has 2 aromatic rings. The van der Waals surface area contributed by atoms with Crippen molar-refractivity contribution in [2.75, 3.05) is 13.1 Å². The molecule has 1 saturated heterocycles. The first-order chi connectivity index (χ1) is 13.3. The number of carbonyl (C=O) groups is 2. The lowest BCUT2D eigenvalue weighted by atomic mass is 10.0. The fourth-order valence-electron chi connectivity index (χ4n) is 3.30. The second-order valence-corrected chi connectivity index (χ2v) is 6.64. The summed E-state index contributed by atoms with van der Waals surface area (Å²) in [5.74, 6) is -0.147. The molecule has 0 saturated carbocycles. The number of piperidine rings is 1. The quantitative estimate of drug-likeness (QED) is 0.829. The SMILES string of the molecule is NC(=O)NC[C@H]1CCCCN1C(=O)c1ccc(-c2cccc(C(F)(F)F)c2)o1. The van der Waals surface area contributed by atoms with E-state index in [0.717, 1.165) is 25.0 Å². The molecule has 0 aliphatic carbocycles. The number of nitrogens with two attached hydrogens (primary N) is 1. The molecular weight excluding hydrogens is 375 g/mol. The van der Waals surface area contributed by atoms with Gasteiger partial charge in [0, 0.05) is 24.7 Å². The van der Waals surface area contributed by atoms with Crippen molar-refractivity contribution in [2.24, 2.45) is 5.73 Å². The van der Waals surface area contributed by atoms with Crippen LogP contribution in [0.15, 0.2) is 40.8 Å². The van der Waals surface area contributed by atoms with Gasteiger partial charge in [-0.15, -0.1) is 0 Å². The molecule has 150 valence electrons. The van der Waals surface area contributed by atoms with E-state index in [4.69, 9.17) is 10.2 Å². The van der Waals surface area contributed by atoms with E-state index in [9.17, 15) is 22.8 Å². The Morgan fingerprint density at radius 1 is 1.21 bits per heavy atom. The largest absolute Gasteiger partial charge is 0.451 e. The zero-order chi connectivity index (χ0) is 20.3. The molecule has 0 radical (unpaired) electrons. The highest BCUT2D eigenvalue weighted by Crippen LogP contribution is 2.33. The summed E-state index contributed by atoms with van der Waals surface area (Å²) >= 11 is 0. The Hall–Kier alpha value is -2.97. The minimum atomic E-state index is -4.46. The first-order valence-electron chi connectivity index (χ1n) is 8.87. The monoisotopic (exact) mass is 395 g/mol. The lowest BCUT2D eigenvalue weighted by molar-refractivity contribution is -0.137. The predicted octanol–water partition coefficient (Wildman–Crippen LogP) is 3.63. The van der Waals surface area contributed by atoms with Gasteiger partial charge in [-0.2, -0.15) is 13.2 Å². The van der Waals surface area contributed by atoms with E-state index < -0.39 is 17.8 Å². The summed E-state index contributed by atoms with van der Waals surface area (Å²) in [4.78, 5) is 25.4. The highest BCUT2D eigenvalue weighted by atomic mass is 19.4. The van der Waals surface area contributed by atoms with E-state index in [1.807, 2.05) is 0 Å². The fourth-order valence-corrected chi connectivity index (χ4v) is 3.30. The van der Waals surface area contributed by atoms with E-state index in [1.165, 1.54) is 24.3 Å². The number of benzene rings is 1. The number of nitrogens with zero attached hydrogens (tertiary/aromatic N) is 1. The van der Waals surface area contributed by atoms with Crippen molar-refractivity contribution < 1.29 is 27.2 Å². The van der Waals surface area contributed by atoms with Gasteiger partial charge in [0.2, 0.25) is 0 Å². The highest BCUT2D eigenvalue weighted by Gasteiger charge is 2.31. The third-order valence-corrected chi connectivity index (χ3v) is 4.69. The molecule has 3 rings (SSSR count). The minimum absolute atomic E-state index is 0.0402. The molecule has 1 aliphatic rings. The van der Waals surface area contributed by atoms with Gasteiger partial charge < -0.3 is 20.4 Å². The van der Waals surface area contributed by atoms with Gasteiger partial charge in [0.1, 0.15) is 5.76 Å². The number of amides is 3. The normalized spacial score (nSPS) is 17.4. The second-order valence-electron chi connectivity index (χ2n) is 6.64. The Labute approximate surface area is 159 Å². The molecule has 2 heterocycles. The van der Waals surface area contributed by atoms with Crippen LogP contribution < -0.4 is 11.1 Å². The molecule has 3 amide bonds. The smallest absolute Gasteiger partial charge is 0.416 e. The van der Waals surface area contributed by atoms with Gasteiger partial charge in [0.15, 0.2) is 5.76 Å². The van der Waals surface area contributed by atoms with Gasteiger partial charge in [-0.3, -0.25) is 4.79 Å². The summed E-state index contributed by atoms with van der Waals surface area (Å²) in [6.07, 6.45) is -2.01. The Morgan fingerprint density at radius 2 is 2.00 bits per heavy atom. The lowest BCUT2D eigenvalue weighted by Gasteiger charge is -2.35. The van der Waals surface area contributed by atoms with Crippen LogP contribution in [0.3, 0.4) is 0 Å². The number of primary amides is 1. The molecule has 1 aromatic heterocycles. The zero-order valence-corrected chi connectivity index (χ0v) is 15.0. The van der Waals surface area contributed by atoms with Crippen LogP contribution in [0.4, 0.5) is 18.0 Å². The number of alkyl halides is 3. The summed E-state index contributed by atoms with van der Waals surface area (Å²) in [5, 5.41) is 2.51. The molecule has 1 fully saturated rings. The molecule has 9 heteroatoms. The number of nitrogens with one attached hydrogen (secondary N) is 1. The molecular formula is C19H20F3N3O3. The van der Waals surface area contributed by atoms with Crippen molar-refractivity contribution in [1.29, 1.82) is 0 Å². The van der Waals surface area contributed by atoms with E-state index in [-0.39, 0.29) is 35.6 Å². The van der Waals surface area contributed by atoms with E-state index >= 15 is 0 Å². The first-order valence-corrected chi connectivity index (χ1v) is 8.87. The molecule has 1 aromatic carbocycles. The zero-order valence-electron chi connectivity index (χ0n) is 15.0. The summed E-state index contributed by atoms with van der Waals surface area (Å²) in [5.41, 5.74) is 4.55. The average Bonchev–Trinajstić information content (AvgIpc) is 3.16. The standard InChI is InChI=1S/C19H20F3N3O3/c20-19(21,22)13-5-3-4-12(10-13)15-7-8-16(28-15)17(26)25-9-2-1-6-14(25)11-24-18(23)27/h3-5,7-8,10,14H,1-2,6,9,11H2,(H3,23,24,27)/t14-/m1/s1. The maximum Gasteiger partial charge on any atom is 0.416 e. The van der Waals surface area contributed by atoms with E-state index in [1.54, 1.807) is 4.90 Å². The van der Waals surface area contributed by atoms with Gasteiger partial charge in [-0.1, -0.05) is 12.1 Å². The summed E-state index contributed by atoms with van der Waals surface area (Å²) in [6, 6.07) is 6.78. The van der Waals surface area contributed by atoms with E-state index in [2.05, 4.69) is 5.32 Å². The van der Waals surface area contributed by atoms with Gasteiger partial charge in [-0.05, 0) is 43.5 Å². The number of hydrogen-bond acceptors (Lipinski definition) is 3. The van der Waals surface area contributed by atoms with Crippen molar-refractivity contribution in [1.82, 2.24) is 10.2 Å². The van der Waals surface area contributed by atoms with Crippen LogP contribution in [-0.2, 0) is 6.18 Å². The molecule has 0 bridgehead atoms. The Balaban J connectivity index is 1.79. The van der Waals surface area contributed by atoms with Crippen LogP contribution in [0.5, 0.6) is 0 Å². The fraction of sp³-hybridized carbons (Fsp3) is 0.368. The van der Waals surface area contributed by atoms with Gasteiger partial charge in [0.05, 0.1) is 5.56 Å². The van der Waals surface area contributed by atoms with Crippen molar-refractivity contribution in [3.05, 3.63) is 47.7 Å². The van der Waals surface area contributed by atoms with Crippen molar-refractivity contribution in [3.63, 3.8) is 0 Å². The molecule has 6 nitrogen and oxygen atoms in total. The van der Waals surface area contributed by atoms with Gasteiger partial charge in [-0.25, -0.2) is 4.79 Å². The highest BCUT2D eigenvalue weighted by molar-refractivity contribution is 5.92. The van der Waals surface area contributed by atoms with Gasteiger partial charge in [0.25, 0.3) is 5.91 Å². The first kappa shape index (κ1) is 19.8. The number of carbonyl (C=O) groups excluding carboxylic acids is 2. The van der Waals surface area contributed by atoms with Crippen LogP contribution in [-0.4, -0.2) is 36.0 Å². The Bertz CT molecular complexity index is 863. The molecule has 3 N–H and O–H groups in total. The number of halogens is 3. The van der Waals surface area contributed by atoms with E-state index in [0.29, 0.717) is 13.0 Å². The topological polar surface area (TPSA) is 88.6 Å². The predicted molar refractivity (Wildman–Crippen MR) is 95.4 cm³/mol. The van der Waals surface area contributed by atoms with Crippen LogP contribution in [0.25, 0.3) is 11.3 Å².